The second-order valence-electron chi connectivity index (χ2n) is 4.58. The zero-order chi connectivity index (χ0) is 15.6. The zero-order valence-corrected chi connectivity index (χ0v) is 13.6. The molecule has 0 spiro atoms. The third kappa shape index (κ3) is 3.81. The second-order valence-corrected chi connectivity index (χ2v) is 7.21. The van der Waals surface area contributed by atoms with Crippen LogP contribution in [0.5, 0.6) is 0 Å². The fraction of sp³-hybridized carbons (Fsp3) is 0.143. The van der Waals surface area contributed by atoms with Gasteiger partial charge in [0.2, 0.25) is 10.0 Å². The van der Waals surface area contributed by atoms with E-state index in [1.807, 2.05) is 24.3 Å². The summed E-state index contributed by atoms with van der Waals surface area (Å²) in [6, 6.07) is 10.2. The lowest BCUT2D eigenvalue weighted by molar-refractivity contribution is 0.566. The summed E-state index contributed by atoms with van der Waals surface area (Å²) in [5.74, 6) is -0.644. The summed E-state index contributed by atoms with van der Waals surface area (Å²) in [4.78, 5) is -0.0645. The molecule has 0 saturated carbocycles. The van der Waals surface area contributed by atoms with Gasteiger partial charge in [-0.2, -0.15) is 0 Å². The Morgan fingerprint density at radius 2 is 1.81 bits per heavy atom. The van der Waals surface area contributed by atoms with Gasteiger partial charge in [0, 0.05) is 10.5 Å². The predicted octanol–water partition coefficient (Wildman–Crippen LogP) is 3.21. The Morgan fingerprint density at radius 3 is 2.38 bits per heavy atom. The molecule has 0 aliphatic heterocycles. The summed E-state index contributed by atoms with van der Waals surface area (Å²) in [5, 5.41) is 0. The van der Waals surface area contributed by atoms with E-state index in [4.69, 9.17) is 5.73 Å². The molecule has 0 radical (unpaired) electrons. The van der Waals surface area contributed by atoms with Crippen molar-refractivity contribution >= 4 is 31.6 Å². The molecule has 0 saturated heterocycles. The number of hydrogen-bond acceptors (Lipinski definition) is 3. The van der Waals surface area contributed by atoms with Crippen molar-refractivity contribution < 1.29 is 12.8 Å². The molecule has 2 aromatic carbocycles. The van der Waals surface area contributed by atoms with Crippen LogP contribution in [0.3, 0.4) is 0 Å². The third-order valence-corrected chi connectivity index (χ3v) is 5.05. The SMILES string of the molecule is C[C@H](NS(=O)(=O)c1ccc(F)c(N)c1)c1ccc(Br)cc1. The Hall–Kier alpha value is -1.44. The smallest absolute Gasteiger partial charge is 0.241 e. The van der Waals surface area contributed by atoms with Crippen molar-refractivity contribution in [1.82, 2.24) is 4.72 Å². The van der Waals surface area contributed by atoms with Gasteiger partial charge in [0.05, 0.1) is 10.6 Å². The van der Waals surface area contributed by atoms with Crippen LogP contribution in [0, 0.1) is 5.82 Å². The molecule has 0 bridgehead atoms. The monoisotopic (exact) mass is 372 g/mol. The summed E-state index contributed by atoms with van der Waals surface area (Å²) >= 11 is 3.32. The van der Waals surface area contributed by atoms with Crippen molar-refractivity contribution in [2.75, 3.05) is 5.73 Å². The van der Waals surface area contributed by atoms with Gasteiger partial charge in [-0.1, -0.05) is 28.1 Å². The number of benzene rings is 2. The standard InChI is InChI=1S/C14H14BrFN2O2S/c1-9(10-2-4-11(15)5-3-10)18-21(19,20)12-6-7-13(16)14(17)8-12/h2-9,18H,17H2,1H3/t9-/m0/s1. The number of nitrogens with one attached hydrogen (secondary N) is 1. The van der Waals surface area contributed by atoms with E-state index < -0.39 is 21.9 Å². The van der Waals surface area contributed by atoms with E-state index >= 15 is 0 Å². The van der Waals surface area contributed by atoms with E-state index in [0.717, 1.165) is 22.2 Å². The molecule has 21 heavy (non-hydrogen) atoms. The Bertz CT molecular complexity index is 748. The van der Waals surface area contributed by atoms with E-state index in [9.17, 15) is 12.8 Å². The highest BCUT2D eigenvalue weighted by molar-refractivity contribution is 9.10. The van der Waals surface area contributed by atoms with Crippen molar-refractivity contribution in [3.05, 3.63) is 58.3 Å². The average Bonchev–Trinajstić information content (AvgIpc) is 2.42. The number of nitrogens with two attached hydrogens (primary N) is 1. The number of halogens is 2. The van der Waals surface area contributed by atoms with Crippen molar-refractivity contribution in [1.29, 1.82) is 0 Å². The van der Waals surface area contributed by atoms with Gasteiger partial charge in [-0.05, 0) is 42.8 Å². The molecular weight excluding hydrogens is 359 g/mol. The number of hydrogen-bond donors (Lipinski definition) is 2. The van der Waals surface area contributed by atoms with Gasteiger partial charge >= 0.3 is 0 Å². The maximum Gasteiger partial charge on any atom is 0.241 e. The highest BCUT2D eigenvalue weighted by atomic mass is 79.9. The molecule has 0 aromatic heterocycles. The van der Waals surface area contributed by atoms with Crippen LogP contribution in [0.2, 0.25) is 0 Å². The molecule has 1 atom stereocenters. The van der Waals surface area contributed by atoms with Crippen LogP contribution in [0.15, 0.2) is 51.8 Å². The maximum atomic E-state index is 13.1. The molecule has 4 nitrogen and oxygen atoms in total. The lowest BCUT2D eigenvalue weighted by Crippen LogP contribution is -2.27. The van der Waals surface area contributed by atoms with Crippen LogP contribution in [-0.4, -0.2) is 8.42 Å². The molecular formula is C14H14BrFN2O2S. The first-order valence-electron chi connectivity index (χ1n) is 6.12. The number of rotatable bonds is 4. The van der Waals surface area contributed by atoms with Crippen LogP contribution in [0.4, 0.5) is 10.1 Å². The zero-order valence-electron chi connectivity index (χ0n) is 11.2. The van der Waals surface area contributed by atoms with Gasteiger partial charge in [-0.25, -0.2) is 17.5 Å². The Morgan fingerprint density at radius 1 is 1.19 bits per heavy atom. The summed E-state index contributed by atoms with van der Waals surface area (Å²) in [6.07, 6.45) is 0. The fourth-order valence-electron chi connectivity index (χ4n) is 1.81. The first-order chi connectivity index (χ1) is 9.79. The largest absolute Gasteiger partial charge is 0.396 e. The first kappa shape index (κ1) is 15.9. The molecule has 0 aliphatic rings. The van der Waals surface area contributed by atoms with Crippen molar-refractivity contribution in [3.8, 4) is 0 Å². The topological polar surface area (TPSA) is 72.2 Å². The normalized spacial score (nSPS) is 13.1. The van der Waals surface area contributed by atoms with Crippen LogP contribution in [-0.2, 0) is 10.0 Å². The molecule has 0 aliphatic carbocycles. The highest BCUT2D eigenvalue weighted by Crippen LogP contribution is 2.21. The minimum atomic E-state index is -3.77. The highest BCUT2D eigenvalue weighted by Gasteiger charge is 2.19. The van der Waals surface area contributed by atoms with Crippen molar-refractivity contribution in [2.45, 2.75) is 17.9 Å². The van der Waals surface area contributed by atoms with Crippen LogP contribution < -0.4 is 10.5 Å². The fourth-order valence-corrected chi connectivity index (χ4v) is 3.34. The maximum absolute atomic E-state index is 13.1. The summed E-state index contributed by atoms with van der Waals surface area (Å²) < 4.78 is 41.0. The van der Waals surface area contributed by atoms with Crippen LogP contribution >= 0.6 is 15.9 Å². The van der Waals surface area contributed by atoms with E-state index in [1.165, 1.54) is 6.07 Å². The van der Waals surface area contributed by atoms with Gasteiger partial charge in [-0.3, -0.25) is 0 Å². The molecule has 0 amide bonds. The molecule has 0 heterocycles. The number of sulfonamides is 1. The minimum Gasteiger partial charge on any atom is -0.396 e. The number of anilines is 1. The summed E-state index contributed by atoms with van der Waals surface area (Å²) in [5.41, 5.74) is 6.02. The lowest BCUT2D eigenvalue weighted by Gasteiger charge is -2.15. The van der Waals surface area contributed by atoms with Crippen LogP contribution in [0.25, 0.3) is 0 Å². The lowest BCUT2D eigenvalue weighted by atomic mass is 10.1. The van der Waals surface area contributed by atoms with Gasteiger partial charge < -0.3 is 5.73 Å². The molecule has 7 heteroatoms. The van der Waals surface area contributed by atoms with Gasteiger partial charge in [0.25, 0.3) is 0 Å². The van der Waals surface area contributed by atoms with Gasteiger partial charge in [0.1, 0.15) is 5.82 Å². The van der Waals surface area contributed by atoms with Gasteiger partial charge in [-0.15, -0.1) is 0 Å². The van der Waals surface area contributed by atoms with Crippen molar-refractivity contribution in [3.63, 3.8) is 0 Å². The molecule has 0 fully saturated rings. The summed E-state index contributed by atoms with van der Waals surface area (Å²) in [7, 11) is -3.77. The Balaban J connectivity index is 2.24. The quantitative estimate of drug-likeness (QED) is 0.809. The minimum absolute atomic E-state index is 0.0645. The first-order valence-corrected chi connectivity index (χ1v) is 8.40. The van der Waals surface area contributed by atoms with E-state index in [-0.39, 0.29) is 10.6 Å². The molecule has 0 unspecified atom stereocenters. The average molecular weight is 373 g/mol. The van der Waals surface area contributed by atoms with Crippen LogP contribution in [0.1, 0.15) is 18.5 Å². The van der Waals surface area contributed by atoms with Crippen molar-refractivity contribution in [2.24, 2.45) is 0 Å². The summed E-state index contributed by atoms with van der Waals surface area (Å²) in [6.45, 7) is 1.73. The van der Waals surface area contributed by atoms with E-state index in [0.29, 0.717) is 0 Å². The van der Waals surface area contributed by atoms with E-state index in [2.05, 4.69) is 20.7 Å². The number of nitrogen functional groups attached to an aromatic ring is 1. The predicted molar refractivity (Wildman–Crippen MR) is 83.7 cm³/mol. The molecule has 2 rings (SSSR count). The van der Waals surface area contributed by atoms with Gasteiger partial charge in [0.15, 0.2) is 0 Å². The molecule has 2 aromatic rings. The molecule has 112 valence electrons. The molecule has 3 N–H and O–H groups in total. The Kier molecular flexibility index (Phi) is 4.65. The third-order valence-electron chi connectivity index (χ3n) is 2.98. The second kappa shape index (κ2) is 6.13. The Labute approximate surface area is 131 Å². The van der Waals surface area contributed by atoms with E-state index in [1.54, 1.807) is 6.92 Å².